The fraction of sp³-hybridized carbons (Fsp3) is 0.409. The number of benzene rings is 1. The van der Waals surface area contributed by atoms with E-state index in [-0.39, 0.29) is 23.9 Å². The number of imide groups is 1. The van der Waals surface area contributed by atoms with Gasteiger partial charge < -0.3 is 14.4 Å². The third-order valence-electron chi connectivity index (χ3n) is 5.93. The van der Waals surface area contributed by atoms with Crippen molar-refractivity contribution in [1.82, 2.24) is 9.88 Å². The van der Waals surface area contributed by atoms with Crippen LogP contribution in [0.2, 0.25) is 5.02 Å². The Morgan fingerprint density at radius 2 is 1.61 bits per heavy atom. The van der Waals surface area contributed by atoms with E-state index < -0.39 is 24.2 Å². The van der Waals surface area contributed by atoms with Gasteiger partial charge in [0.05, 0.1) is 16.6 Å². The van der Waals surface area contributed by atoms with Crippen LogP contribution >= 0.6 is 11.6 Å². The molecule has 4 rings (SSSR count). The van der Waals surface area contributed by atoms with Crippen molar-refractivity contribution in [2.45, 2.75) is 31.5 Å². The molecule has 1 atom stereocenters. The van der Waals surface area contributed by atoms with Crippen molar-refractivity contribution >= 4 is 34.8 Å². The highest BCUT2D eigenvalue weighted by molar-refractivity contribution is 6.34. The molecule has 0 bridgehead atoms. The number of hydrogen-bond donors (Lipinski definition) is 1. The second-order valence-electron chi connectivity index (χ2n) is 8.10. The largest absolute Gasteiger partial charge is 0.406 e. The minimum Gasteiger partial charge on any atom is -0.367 e. The van der Waals surface area contributed by atoms with Gasteiger partial charge in [0.15, 0.2) is 0 Å². The summed E-state index contributed by atoms with van der Waals surface area (Å²) in [4.78, 5) is 40.1. The monoisotopic (exact) mass is 482 g/mol. The van der Waals surface area contributed by atoms with Crippen LogP contribution in [0.15, 0.2) is 41.3 Å². The van der Waals surface area contributed by atoms with Crippen molar-refractivity contribution < 1.29 is 22.8 Å². The molecule has 7 nitrogen and oxygen atoms in total. The van der Waals surface area contributed by atoms with E-state index in [0.29, 0.717) is 47.8 Å². The molecule has 2 saturated heterocycles. The molecule has 2 aromatic rings. The van der Waals surface area contributed by atoms with Crippen LogP contribution in [-0.4, -0.2) is 48.7 Å². The maximum atomic E-state index is 12.7. The first kappa shape index (κ1) is 23.2. The van der Waals surface area contributed by atoms with Gasteiger partial charge in [0.2, 0.25) is 11.8 Å². The Morgan fingerprint density at radius 1 is 0.970 bits per heavy atom. The number of nitrogens with one attached hydrogen (secondary N) is 1. The summed E-state index contributed by atoms with van der Waals surface area (Å²) in [6.07, 6.45) is -2.71. The lowest BCUT2D eigenvalue weighted by atomic mass is 9.90. The van der Waals surface area contributed by atoms with Crippen LogP contribution in [0.25, 0.3) is 0 Å². The predicted octanol–water partition coefficient (Wildman–Crippen LogP) is 2.91. The maximum absolute atomic E-state index is 12.7. The standard InChI is InChI=1S/C22H22ClF3N4O3/c23-19-14(15-6-7-18(31)27-20(15)32)3-1-4-16(19)28-9-11-29(12-10-28)17-5-2-8-30(21(17)33)13-22(24,25)26/h1-5,8,15H,6-7,9-13H2,(H,27,31,32). The normalized spacial score (nSPS) is 19.6. The van der Waals surface area contributed by atoms with Crippen molar-refractivity contribution in [3.8, 4) is 0 Å². The summed E-state index contributed by atoms with van der Waals surface area (Å²) in [5.41, 5.74) is 0.937. The molecule has 0 radical (unpaired) electrons. The van der Waals surface area contributed by atoms with E-state index in [2.05, 4.69) is 5.32 Å². The van der Waals surface area contributed by atoms with Crippen LogP contribution in [-0.2, 0) is 16.1 Å². The predicted molar refractivity (Wildman–Crippen MR) is 118 cm³/mol. The zero-order valence-corrected chi connectivity index (χ0v) is 18.3. The Kier molecular flexibility index (Phi) is 6.38. The van der Waals surface area contributed by atoms with Crippen molar-refractivity contribution in [3.05, 3.63) is 57.5 Å². The van der Waals surface area contributed by atoms with Gasteiger partial charge in [-0.2, -0.15) is 13.2 Å². The number of rotatable bonds is 4. The molecule has 1 N–H and O–H groups in total. The quantitative estimate of drug-likeness (QED) is 0.678. The number of aromatic nitrogens is 1. The third kappa shape index (κ3) is 5.00. The number of anilines is 2. The van der Waals surface area contributed by atoms with Gasteiger partial charge in [-0.1, -0.05) is 23.7 Å². The number of pyridine rings is 1. The second-order valence-corrected chi connectivity index (χ2v) is 8.48. The van der Waals surface area contributed by atoms with Gasteiger partial charge in [0.25, 0.3) is 5.56 Å². The van der Waals surface area contributed by atoms with E-state index in [9.17, 15) is 27.6 Å². The van der Waals surface area contributed by atoms with Crippen molar-refractivity contribution in [3.63, 3.8) is 0 Å². The van der Waals surface area contributed by atoms with Gasteiger partial charge in [0.1, 0.15) is 12.2 Å². The Morgan fingerprint density at radius 3 is 2.24 bits per heavy atom. The molecule has 11 heteroatoms. The molecule has 1 unspecified atom stereocenters. The Labute approximate surface area is 192 Å². The molecule has 0 saturated carbocycles. The van der Waals surface area contributed by atoms with Gasteiger partial charge in [-0.3, -0.25) is 19.7 Å². The van der Waals surface area contributed by atoms with E-state index in [0.717, 1.165) is 11.9 Å². The van der Waals surface area contributed by atoms with E-state index >= 15 is 0 Å². The van der Waals surface area contributed by atoms with Crippen LogP contribution in [0.1, 0.15) is 24.3 Å². The first-order chi connectivity index (χ1) is 15.6. The average Bonchev–Trinajstić information content (AvgIpc) is 2.75. The summed E-state index contributed by atoms with van der Waals surface area (Å²) in [6, 6.07) is 8.39. The zero-order chi connectivity index (χ0) is 23.8. The smallest absolute Gasteiger partial charge is 0.367 e. The maximum Gasteiger partial charge on any atom is 0.406 e. The van der Waals surface area contributed by atoms with Crippen LogP contribution in [0, 0.1) is 0 Å². The molecule has 1 aromatic carbocycles. The zero-order valence-electron chi connectivity index (χ0n) is 17.6. The molecule has 2 aliphatic rings. The molecular formula is C22H22ClF3N4O3. The highest BCUT2D eigenvalue weighted by Gasteiger charge is 2.32. The Hall–Kier alpha value is -3.01. The van der Waals surface area contributed by atoms with Gasteiger partial charge in [-0.25, -0.2) is 0 Å². The van der Waals surface area contributed by atoms with Gasteiger partial charge in [0, 0.05) is 38.8 Å². The number of carbonyl (C=O) groups excluding carboxylic acids is 2. The van der Waals surface area contributed by atoms with Crippen molar-refractivity contribution in [2.24, 2.45) is 0 Å². The highest BCUT2D eigenvalue weighted by atomic mass is 35.5. The van der Waals surface area contributed by atoms with Crippen LogP contribution < -0.4 is 20.7 Å². The van der Waals surface area contributed by atoms with Crippen molar-refractivity contribution in [2.75, 3.05) is 36.0 Å². The fourth-order valence-electron chi connectivity index (χ4n) is 4.31. The van der Waals surface area contributed by atoms with Gasteiger partial charge in [-0.05, 0) is 30.2 Å². The first-order valence-electron chi connectivity index (χ1n) is 10.5. The number of alkyl halides is 3. The second kappa shape index (κ2) is 9.09. The summed E-state index contributed by atoms with van der Waals surface area (Å²) in [6.45, 7) is 0.495. The van der Waals surface area contributed by atoms with E-state index in [1.54, 1.807) is 17.0 Å². The summed E-state index contributed by atoms with van der Waals surface area (Å²) >= 11 is 6.66. The highest BCUT2D eigenvalue weighted by Crippen LogP contribution is 2.37. The fourth-order valence-corrected chi connectivity index (χ4v) is 4.69. The molecule has 0 aliphatic carbocycles. The summed E-state index contributed by atoms with van der Waals surface area (Å²) in [7, 11) is 0. The van der Waals surface area contributed by atoms with E-state index in [4.69, 9.17) is 11.6 Å². The van der Waals surface area contributed by atoms with Crippen molar-refractivity contribution in [1.29, 1.82) is 0 Å². The number of halogens is 4. The SMILES string of the molecule is O=C1CCC(c2cccc(N3CCN(c4cccn(CC(F)(F)F)c4=O)CC3)c2Cl)C(=O)N1. The topological polar surface area (TPSA) is 74.7 Å². The molecule has 33 heavy (non-hydrogen) atoms. The molecule has 3 heterocycles. The number of nitrogens with zero attached hydrogens (tertiary/aromatic N) is 3. The molecule has 0 spiro atoms. The first-order valence-corrected chi connectivity index (χ1v) is 10.9. The van der Waals surface area contributed by atoms with E-state index in [1.807, 2.05) is 11.0 Å². The lowest BCUT2D eigenvalue weighted by Gasteiger charge is -2.38. The van der Waals surface area contributed by atoms with E-state index in [1.165, 1.54) is 12.1 Å². The molecule has 176 valence electrons. The average molecular weight is 483 g/mol. The van der Waals surface area contributed by atoms with Gasteiger partial charge >= 0.3 is 6.18 Å². The number of piperidine rings is 1. The van der Waals surface area contributed by atoms with Crippen LogP contribution in [0.3, 0.4) is 0 Å². The summed E-state index contributed by atoms with van der Waals surface area (Å²) < 4.78 is 38.9. The summed E-state index contributed by atoms with van der Waals surface area (Å²) in [5.74, 6) is -1.17. The Balaban J connectivity index is 1.49. The molecule has 2 aliphatic heterocycles. The lowest BCUT2D eigenvalue weighted by Crippen LogP contribution is -2.48. The number of hydrogen-bond acceptors (Lipinski definition) is 5. The van der Waals surface area contributed by atoms with Crippen LogP contribution in [0.5, 0.6) is 0 Å². The Bertz CT molecular complexity index is 1130. The number of amides is 2. The molecule has 1 aromatic heterocycles. The molecular weight excluding hydrogens is 461 g/mol. The third-order valence-corrected chi connectivity index (χ3v) is 6.35. The lowest BCUT2D eigenvalue weighted by molar-refractivity contribution is -0.141. The summed E-state index contributed by atoms with van der Waals surface area (Å²) in [5, 5.41) is 2.78. The minimum atomic E-state index is -4.48. The minimum absolute atomic E-state index is 0.227. The van der Waals surface area contributed by atoms with Crippen LogP contribution in [0.4, 0.5) is 24.5 Å². The number of carbonyl (C=O) groups is 2. The number of piperazine rings is 1. The molecule has 2 fully saturated rings. The molecule has 2 amide bonds. The van der Waals surface area contributed by atoms with Gasteiger partial charge in [-0.15, -0.1) is 0 Å².